The van der Waals surface area contributed by atoms with E-state index in [4.69, 9.17) is 22.1 Å². The largest absolute Gasteiger partial charge is 0.496 e. The van der Waals surface area contributed by atoms with E-state index >= 15 is 0 Å². The summed E-state index contributed by atoms with van der Waals surface area (Å²) in [6.45, 7) is 3.41. The minimum absolute atomic E-state index is 0.587. The van der Waals surface area contributed by atoms with E-state index < -0.39 is 0 Å². The number of hydrogen-bond donors (Lipinski definition) is 0. The normalized spacial score (nSPS) is 11.6. The lowest BCUT2D eigenvalue weighted by molar-refractivity contribution is 0.241. The van der Waals surface area contributed by atoms with Gasteiger partial charge in [0.2, 0.25) is 4.77 Å². The number of para-hydroxylation sites is 1. The van der Waals surface area contributed by atoms with Crippen LogP contribution in [0.5, 0.6) is 5.75 Å². The van der Waals surface area contributed by atoms with Gasteiger partial charge < -0.3 is 4.74 Å². The second-order valence-electron chi connectivity index (χ2n) is 6.93. The second kappa shape index (κ2) is 7.66. The van der Waals surface area contributed by atoms with Crippen molar-refractivity contribution in [1.29, 1.82) is 0 Å². The zero-order valence-electron chi connectivity index (χ0n) is 16.0. The maximum atomic E-state index is 5.75. The summed E-state index contributed by atoms with van der Waals surface area (Å²) in [5.41, 5.74) is 4.26. The minimum Gasteiger partial charge on any atom is -0.496 e. The van der Waals surface area contributed by atoms with Crippen LogP contribution in [0.3, 0.4) is 0 Å². The van der Waals surface area contributed by atoms with Crippen LogP contribution in [-0.4, -0.2) is 33.2 Å². The zero-order chi connectivity index (χ0) is 19.8. The molecule has 2 aromatic carbocycles. The van der Waals surface area contributed by atoms with Crippen molar-refractivity contribution in [3.8, 4) is 5.75 Å². The highest BCUT2D eigenvalue weighted by Gasteiger charge is 2.12. The van der Waals surface area contributed by atoms with Crippen LogP contribution in [0, 0.1) is 11.7 Å². The summed E-state index contributed by atoms with van der Waals surface area (Å²) in [6.07, 6.45) is 0. The molecule has 0 atom stereocenters. The number of fused-ring (bicyclic) bond motifs is 3. The van der Waals surface area contributed by atoms with Crippen LogP contribution >= 0.6 is 28.1 Å². The Kier molecular flexibility index (Phi) is 5.23. The molecule has 0 saturated heterocycles. The molecule has 0 aliphatic rings. The summed E-state index contributed by atoms with van der Waals surface area (Å²) in [6, 6.07) is 16.4. The standard InChI is InChI=1S/C21H21BrN4OS/c1-14-10-20-23-25(21(28)26(20)18-7-5-4-6-17(14)18)13-24(2)12-15-11-16(22)8-9-19(15)27-3/h4-11H,12-13H2,1-3H3. The smallest absolute Gasteiger partial charge is 0.204 e. The third-order valence-corrected chi connectivity index (χ3v) is 5.72. The first kappa shape index (κ1) is 19.1. The highest BCUT2D eigenvalue weighted by atomic mass is 79.9. The van der Waals surface area contributed by atoms with E-state index in [1.807, 2.05) is 33.3 Å². The van der Waals surface area contributed by atoms with Crippen LogP contribution in [0.1, 0.15) is 11.1 Å². The fraction of sp³-hybridized carbons (Fsp3) is 0.238. The molecular formula is C21H21BrN4OS. The number of halogens is 1. The summed E-state index contributed by atoms with van der Waals surface area (Å²) in [4.78, 5) is 2.17. The van der Waals surface area contributed by atoms with Gasteiger partial charge in [0, 0.05) is 22.0 Å². The third kappa shape index (κ3) is 3.45. The van der Waals surface area contributed by atoms with Crippen molar-refractivity contribution in [2.75, 3.05) is 14.2 Å². The molecule has 2 aromatic heterocycles. The number of ether oxygens (including phenoxy) is 1. The molecule has 0 amide bonds. The average Bonchev–Trinajstić information content (AvgIpc) is 2.97. The van der Waals surface area contributed by atoms with Gasteiger partial charge in [0.1, 0.15) is 5.75 Å². The van der Waals surface area contributed by atoms with E-state index in [-0.39, 0.29) is 0 Å². The molecule has 7 heteroatoms. The molecule has 0 aliphatic heterocycles. The first-order chi connectivity index (χ1) is 13.5. The Balaban J connectivity index is 1.69. The first-order valence-corrected chi connectivity index (χ1v) is 10.2. The number of aromatic nitrogens is 3. The lowest BCUT2D eigenvalue weighted by Crippen LogP contribution is -2.22. The highest BCUT2D eigenvalue weighted by molar-refractivity contribution is 9.10. The topological polar surface area (TPSA) is 34.7 Å². The molecule has 0 N–H and O–H groups in total. The number of pyridine rings is 1. The van der Waals surface area contributed by atoms with E-state index in [9.17, 15) is 0 Å². The summed E-state index contributed by atoms with van der Waals surface area (Å²) in [5.74, 6) is 0.871. The van der Waals surface area contributed by atoms with Crippen LogP contribution in [0.25, 0.3) is 16.6 Å². The van der Waals surface area contributed by atoms with Gasteiger partial charge in [0.05, 0.1) is 19.3 Å². The van der Waals surface area contributed by atoms with Crippen LogP contribution < -0.4 is 4.74 Å². The molecular weight excluding hydrogens is 436 g/mol. The van der Waals surface area contributed by atoms with E-state index in [0.29, 0.717) is 11.4 Å². The van der Waals surface area contributed by atoms with Gasteiger partial charge in [-0.3, -0.25) is 9.30 Å². The van der Waals surface area contributed by atoms with E-state index in [1.165, 1.54) is 10.9 Å². The van der Waals surface area contributed by atoms with Crippen molar-refractivity contribution in [2.45, 2.75) is 20.1 Å². The highest BCUT2D eigenvalue weighted by Crippen LogP contribution is 2.25. The lowest BCUT2D eigenvalue weighted by atomic mass is 10.1. The first-order valence-electron chi connectivity index (χ1n) is 8.97. The van der Waals surface area contributed by atoms with Crippen LogP contribution in [0.15, 0.2) is 53.0 Å². The van der Waals surface area contributed by atoms with Crippen molar-refractivity contribution < 1.29 is 4.74 Å². The Morgan fingerprint density at radius 2 is 1.96 bits per heavy atom. The monoisotopic (exact) mass is 456 g/mol. The van der Waals surface area contributed by atoms with E-state index in [1.54, 1.807) is 7.11 Å². The SMILES string of the molecule is COc1ccc(Br)cc1CN(C)Cn1nc2cc(C)c3ccccc3n2c1=S. The molecule has 0 radical (unpaired) electrons. The molecule has 0 unspecified atom stereocenters. The lowest BCUT2D eigenvalue weighted by Gasteiger charge is -2.18. The van der Waals surface area contributed by atoms with Crippen molar-refractivity contribution in [3.05, 3.63) is 68.9 Å². The molecule has 4 rings (SSSR count). The maximum Gasteiger partial charge on any atom is 0.204 e. The Labute approximate surface area is 177 Å². The van der Waals surface area contributed by atoms with E-state index in [2.05, 4.69) is 59.1 Å². The number of nitrogens with zero attached hydrogens (tertiary/aromatic N) is 4. The summed E-state index contributed by atoms with van der Waals surface area (Å²) in [7, 11) is 3.74. The van der Waals surface area contributed by atoms with Gasteiger partial charge in [-0.2, -0.15) is 5.10 Å². The number of aryl methyl sites for hydroxylation is 1. The second-order valence-corrected chi connectivity index (χ2v) is 8.21. The molecule has 28 heavy (non-hydrogen) atoms. The zero-order valence-corrected chi connectivity index (χ0v) is 18.4. The molecule has 2 heterocycles. The molecule has 0 saturated carbocycles. The maximum absolute atomic E-state index is 5.75. The van der Waals surface area contributed by atoms with Crippen LogP contribution in [-0.2, 0) is 13.2 Å². The van der Waals surface area contributed by atoms with Gasteiger partial charge in [-0.15, -0.1) is 0 Å². The molecule has 144 valence electrons. The number of methoxy groups -OCH3 is 1. The van der Waals surface area contributed by atoms with E-state index in [0.717, 1.165) is 33.5 Å². The Morgan fingerprint density at radius 1 is 1.18 bits per heavy atom. The van der Waals surface area contributed by atoms with Crippen molar-refractivity contribution in [3.63, 3.8) is 0 Å². The molecule has 0 fully saturated rings. The quantitative estimate of drug-likeness (QED) is 0.387. The van der Waals surface area contributed by atoms with Gasteiger partial charge in [0.25, 0.3) is 0 Å². The molecule has 0 spiro atoms. The summed E-state index contributed by atoms with van der Waals surface area (Å²) in [5, 5.41) is 5.95. The van der Waals surface area contributed by atoms with Crippen LogP contribution in [0.2, 0.25) is 0 Å². The predicted octanol–water partition coefficient (Wildman–Crippen LogP) is 5.19. The fourth-order valence-corrected chi connectivity index (χ4v) is 4.25. The van der Waals surface area contributed by atoms with Crippen molar-refractivity contribution in [1.82, 2.24) is 19.1 Å². The van der Waals surface area contributed by atoms with Gasteiger partial charge >= 0.3 is 0 Å². The number of hydrogen-bond acceptors (Lipinski definition) is 4. The molecule has 4 aromatic rings. The van der Waals surface area contributed by atoms with Gasteiger partial charge in [0.15, 0.2) is 5.65 Å². The Hall–Kier alpha value is -2.22. The Bertz CT molecular complexity index is 1230. The average molecular weight is 457 g/mol. The van der Waals surface area contributed by atoms with Crippen LogP contribution in [0.4, 0.5) is 0 Å². The fourth-order valence-electron chi connectivity index (χ4n) is 3.55. The Morgan fingerprint density at radius 3 is 2.75 bits per heavy atom. The summed E-state index contributed by atoms with van der Waals surface area (Å²) >= 11 is 9.29. The van der Waals surface area contributed by atoms with Gasteiger partial charge in [-0.1, -0.05) is 34.1 Å². The van der Waals surface area contributed by atoms with Crippen molar-refractivity contribution >= 4 is 44.7 Å². The molecule has 5 nitrogen and oxygen atoms in total. The van der Waals surface area contributed by atoms with Crippen molar-refractivity contribution in [2.24, 2.45) is 0 Å². The summed E-state index contributed by atoms with van der Waals surface area (Å²) < 4.78 is 11.1. The van der Waals surface area contributed by atoms with Gasteiger partial charge in [-0.25, -0.2) is 4.68 Å². The predicted molar refractivity (Wildman–Crippen MR) is 118 cm³/mol. The molecule has 0 aliphatic carbocycles. The number of rotatable bonds is 5. The minimum atomic E-state index is 0.587. The van der Waals surface area contributed by atoms with Gasteiger partial charge in [-0.05, 0) is 62.1 Å². The third-order valence-electron chi connectivity index (χ3n) is 4.84. The number of benzene rings is 2. The molecule has 0 bridgehead atoms.